The van der Waals surface area contributed by atoms with Gasteiger partial charge in [-0.15, -0.1) is 0 Å². The van der Waals surface area contributed by atoms with E-state index in [2.05, 4.69) is 32.3 Å². The fraction of sp³-hybridized carbons (Fsp3) is 0.579. The quantitative estimate of drug-likeness (QED) is 0.905. The van der Waals surface area contributed by atoms with Crippen molar-refractivity contribution in [2.75, 3.05) is 24.6 Å². The van der Waals surface area contributed by atoms with Crippen molar-refractivity contribution in [1.82, 2.24) is 19.9 Å². The van der Waals surface area contributed by atoms with Gasteiger partial charge in [0.1, 0.15) is 11.9 Å². The molecular weight excluding hydrogens is 314 g/mol. The number of nitrogens with one attached hydrogen (secondary N) is 1. The molecule has 6 heteroatoms. The molecule has 2 aromatic rings. The Kier molecular flexibility index (Phi) is 4.99. The van der Waals surface area contributed by atoms with Gasteiger partial charge in [-0.1, -0.05) is 6.07 Å². The van der Waals surface area contributed by atoms with Gasteiger partial charge in [-0.25, -0.2) is 9.97 Å². The van der Waals surface area contributed by atoms with Crippen LogP contribution in [0.3, 0.4) is 0 Å². The van der Waals surface area contributed by atoms with Gasteiger partial charge < -0.3 is 19.5 Å². The molecule has 4 heterocycles. The molecule has 6 nitrogen and oxygen atoms in total. The first-order chi connectivity index (χ1) is 12.3. The van der Waals surface area contributed by atoms with Crippen LogP contribution in [0.15, 0.2) is 30.9 Å². The Morgan fingerprint density at radius 3 is 2.84 bits per heavy atom. The van der Waals surface area contributed by atoms with E-state index in [9.17, 15) is 0 Å². The van der Waals surface area contributed by atoms with Crippen molar-refractivity contribution in [3.8, 4) is 0 Å². The van der Waals surface area contributed by atoms with E-state index >= 15 is 0 Å². The van der Waals surface area contributed by atoms with E-state index in [0.717, 1.165) is 50.6 Å². The van der Waals surface area contributed by atoms with Gasteiger partial charge in [0.05, 0.1) is 18.2 Å². The molecule has 0 spiro atoms. The lowest BCUT2D eigenvalue weighted by Gasteiger charge is -2.30. The smallest absolute Gasteiger partial charge is 0.128 e. The van der Waals surface area contributed by atoms with Crippen LogP contribution in [0.1, 0.15) is 43.0 Å². The lowest BCUT2D eigenvalue weighted by molar-refractivity contribution is -0.00404. The Morgan fingerprint density at radius 2 is 2.12 bits per heavy atom. The highest BCUT2D eigenvalue weighted by Crippen LogP contribution is 2.27. The van der Waals surface area contributed by atoms with Crippen LogP contribution in [-0.4, -0.2) is 40.3 Å². The van der Waals surface area contributed by atoms with E-state index in [1.165, 1.54) is 18.4 Å². The largest absolute Gasteiger partial charge is 0.372 e. The maximum absolute atomic E-state index is 5.94. The first-order valence-corrected chi connectivity index (χ1v) is 9.30. The summed E-state index contributed by atoms with van der Waals surface area (Å²) in [6, 6.07) is 4.82. The number of aromatic nitrogens is 3. The van der Waals surface area contributed by atoms with Gasteiger partial charge in [0.25, 0.3) is 0 Å². The monoisotopic (exact) mass is 341 g/mol. The molecule has 0 aromatic carbocycles. The minimum Gasteiger partial charge on any atom is -0.372 e. The van der Waals surface area contributed by atoms with E-state index in [0.29, 0.717) is 6.04 Å². The maximum Gasteiger partial charge on any atom is 0.128 e. The minimum absolute atomic E-state index is 0.134. The first-order valence-electron chi connectivity index (χ1n) is 9.30. The molecule has 1 N–H and O–H groups in total. The van der Waals surface area contributed by atoms with Gasteiger partial charge in [-0.3, -0.25) is 0 Å². The maximum atomic E-state index is 5.94. The highest BCUT2D eigenvalue weighted by atomic mass is 16.5. The van der Waals surface area contributed by atoms with Gasteiger partial charge in [-0.05, 0) is 37.3 Å². The number of anilines is 1. The number of ether oxygens (including phenoxy) is 1. The summed E-state index contributed by atoms with van der Waals surface area (Å²) >= 11 is 0. The van der Waals surface area contributed by atoms with Crippen LogP contribution in [0.25, 0.3) is 0 Å². The summed E-state index contributed by atoms with van der Waals surface area (Å²) in [5, 5.41) is 3.68. The Labute approximate surface area is 149 Å². The molecule has 0 amide bonds. The molecule has 4 rings (SSSR count). The van der Waals surface area contributed by atoms with Crippen LogP contribution in [0.5, 0.6) is 0 Å². The molecule has 2 fully saturated rings. The predicted octanol–water partition coefficient (Wildman–Crippen LogP) is 2.43. The van der Waals surface area contributed by atoms with Crippen LogP contribution < -0.4 is 10.2 Å². The predicted molar refractivity (Wildman–Crippen MR) is 97.4 cm³/mol. The number of aryl methyl sites for hydroxylation is 1. The number of hydrogen-bond acceptors (Lipinski definition) is 5. The molecule has 2 aliphatic rings. The van der Waals surface area contributed by atoms with Crippen molar-refractivity contribution in [3.63, 3.8) is 0 Å². The second-order valence-electron chi connectivity index (χ2n) is 7.11. The lowest BCUT2D eigenvalue weighted by Crippen LogP contribution is -2.36. The molecule has 0 unspecified atom stereocenters. The molecular formula is C19H27N5O. The molecule has 2 atom stereocenters. The standard InChI is InChI=1S/C19H27N5O/c1-23-14-20-13-17(23)18-10-16(6-9-25-18)21-11-15-4-5-19(22-12-15)24-7-2-3-8-24/h4-5,12-14,16,18,21H,2-3,6-11H2,1H3/t16-,18-/m0/s1. The molecule has 2 saturated heterocycles. The number of pyridine rings is 1. The van der Waals surface area contributed by atoms with Gasteiger partial charge in [-0.2, -0.15) is 0 Å². The van der Waals surface area contributed by atoms with Crippen molar-refractivity contribution >= 4 is 5.82 Å². The highest BCUT2D eigenvalue weighted by Gasteiger charge is 2.25. The zero-order valence-corrected chi connectivity index (χ0v) is 14.9. The summed E-state index contributed by atoms with van der Waals surface area (Å²) in [4.78, 5) is 11.2. The van der Waals surface area contributed by atoms with E-state index in [1.807, 2.05) is 30.3 Å². The summed E-state index contributed by atoms with van der Waals surface area (Å²) in [7, 11) is 2.02. The molecule has 0 radical (unpaired) electrons. The van der Waals surface area contributed by atoms with Crippen molar-refractivity contribution in [1.29, 1.82) is 0 Å². The molecule has 0 aliphatic carbocycles. The fourth-order valence-corrected chi connectivity index (χ4v) is 3.78. The first kappa shape index (κ1) is 16.5. The minimum atomic E-state index is 0.134. The number of rotatable bonds is 5. The summed E-state index contributed by atoms with van der Waals surface area (Å²) in [6.45, 7) is 3.93. The molecule has 2 aliphatic heterocycles. The van der Waals surface area contributed by atoms with Crippen molar-refractivity contribution in [3.05, 3.63) is 42.1 Å². The van der Waals surface area contributed by atoms with Gasteiger partial charge >= 0.3 is 0 Å². The fourth-order valence-electron chi connectivity index (χ4n) is 3.78. The van der Waals surface area contributed by atoms with Crippen LogP contribution >= 0.6 is 0 Å². The number of imidazole rings is 1. The van der Waals surface area contributed by atoms with Crippen molar-refractivity contribution in [2.45, 2.75) is 44.4 Å². The lowest BCUT2D eigenvalue weighted by atomic mass is 10.0. The van der Waals surface area contributed by atoms with E-state index in [1.54, 1.807) is 0 Å². The van der Waals surface area contributed by atoms with Gasteiger partial charge in [0, 0.05) is 45.5 Å². The zero-order valence-electron chi connectivity index (χ0n) is 14.9. The third kappa shape index (κ3) is 3.85. The molecule has 25 heavy (non-hydrogen) atoms. The summed E-state index contributed by atoms with van der Waals surface area (Å²) < 4.78 is 7.99. The second kappa shape index (κ2) is 7.54. The Balaban J connectivity index is 1.31. The summed E-state index contributed by atoms with van der Waals surface area (Å²) in [5.41, 5.74) is 2.40. The van der Waals surface area contributed by atoms with Crippen molar-refractivity contribution in [2.24, 2.45) is 7.05 Å². The molecule has 0 bridgehead atoms. The number of hydrogen-bond donors (Lipinski definition) is 1. The average molecular weight is 341 g/mol. The third-order valence-electron chi connectivity index (χ3n) is 5.30. The van der Waals surface area contributed by atoms with Crippen LogP contribution in [0.2, 0.25) is 0 Å². The summed E-state index contributed by atoms with van der Waals surface area (Å²) in [6.07, 6.45) is 10.5. The Bertz CT molecular complexity index is 677. The molecule has 2 aromatic heterocycles. The second-order valence-corrected chi connectivity index (χ2v) is 7.11. The topological polar surface area (TPSA) is 55.2 Å². The molecule has 0 saturated carbocycles. The van der Waals surface area contributed by atoms with E-state index in [4.69, 9.17) is 4.74 Å². The van der Waals surface area contributed by atoms with Gasteiger partial charge in [0.15, 0.2) is 0 Å². The van der Waals surface area contributed by atoms with Crippen LogP contribution in [-0.2, 0) is 18.3 Å². The Morgan fingerprint density at radius 1 is 1.24 bits per heavy atom. The third-order valence-corrected chi connectivity index (χ3v) is 5.30. The normalized spacial score (nSPS) is 24.0. The SMILES string of the molecule is Cn1cncc1[C@@H]1C[C@@H](NCc2ccc(N3CCCC3)nc2)CCO1. The van der Waals surface area contributed by atoms with Crippen LogP contribution in [0.4, 0.5) is 5.82 Å². The van der Waals surface area contributed by atoms with Gasteiger partial charge in [0.2, 0.25) is 0 Å². The highest BCUT2D eigenvalue weighted by molar-refractivity contribution is 5.40. The Hall–Kier alpha value is -1.92. The average Bonchev–Trinajstić information content (AvgIpc) is 3.32. The summed E-state index contributed by atoms with van der Waals surface area (Å²) in [5.74, 6) is 1.11. The van der Waals surface area contributed by atoms with Crippen LogP contribution in [0, 0.1) is 0 Å². The zero-order chi connectivity index (χ0) is 17.1. The van der Waals surface area contributed by atoms with E-state index in [-0.39, 0.29) is 6.10 Å². The number of nitrogens with zero attached hydrogens (tertiary/aromatic N) is 4. The van der Waals surface area contributed by atoms with Crippen molar-refractivity contribution < 1.29 is 4.74 Å². The molecule has 134 valence electrons. The van der Waals surface area contributed by atoms with E-state index < -0.39 is 0 Å².